The zero-order chi connectivity index (χ0) is 14.1. The maximum Gasteiger partial charge on any atom is 0.345 e. The lowest BCUT2D eigenvalue weighted by Crippen LogP contribution is -2.09. The molecular formula is C13H7Cl2NO4. The largest absolute Gasteiger partial charge is 0.454 e. The molecule has 5 nitrogen and oxygen atoms in total. The van der Waals surface area contributed by atoms with Gasteiger partial charge in [-0.2, -0.15) is 0 Å². The lowest BCUT2D eigenvalue weighted by Gasteiger charge is -2.05. The molecule has 0 fully saturated rings. The number of esters is 1. The summed E-state index contributed by atoms with van der Waals surface area (Å²) in [5.74, 6) is 0.892. The van der Waals surface area contributed by atoms with Gasteiger partial charge >= 0.3 is 5.97 Å². The summed E-state index contributed by atoms with van der Waals surface area (Å²) < 4.78 is 15.6. The molecule has 0 saturated carbocycles. The molecule has 0 saturated heterocycles. The van der Waals surface area contributed by atoms with E-state index in [1.54, 1.807) is 18.2 Å². The Bertz CT molecular complexity index is 690. The van der Waals surface area contributed by atoms with Gasteiger partial charge < -0.3 is 14.2 Å². The van der Waals surface area contributed by atoms with Gasteiger partial charge in [-0.1, -0.05) is 23.2 Å². The zero-order valence-corrected chi connectivity index (χ0v) is 11.4. The van der Waals surface area contributed by atoms with E-state index in [1.165, 1.54) is 12.3 Å². The van der Waals surface area contributed by atoms with Crippen molar-refractivity contribution in [1.29, 1.82) is 0 Å². The number of aromatic nitrogens is 1. The molecule has 0 spiro atoms. The highest BCUT2D eigenvalue weighted by atomic mass is 35.5. The second-order valence-electron chi connectivity index (χ2n) is 3.90. The number of carbonyl (C=O) groups excluding carboxylic acids is 1. The quantitative estimate of drug-likeness (QED) is 0.483. The molecule has 1 aromatic carbocycles. The van der Waals surface area contributed by atoms with Crippen LogP contribution in [0.5, 0.6) is 17.2 Å². The summed E-state index contributed by atoms with van der Waals surface area (Å²) in [5.41, 5.74) is 0.206. The molecule has 0 N–H and O–H groups in total. The first-order valence-electron chi connectivity index (χ1n) is 5.56. The van der Waals surface area contributed by atoms with E-state index in [0.717, 1.165) is 0 Å². The fourth-order valence-corrected chi connectivity index (χ4v) is 1.91. The number of fused-ring (bicyclic) bond motifs is 1. The van der Waals surface area contributed by atoms with Gasteiger partial charge in [-0.25, -0.2) is 9.78 Å². The first kappa shape index (κ1) is 13.0. The van der Waals surface area contributed by atoms with Crippen molar-refractivity contribution in [3.8, 4) is 17.2 Å². The smallest absolute Gasteiger partial charge is 0.345 e. The lowest BCUT2D eigenvalue weighted by atomic mass is 10.3. The molecule has 0 aliphatic carbocycles. The molecule has 2 heterocycles. The highest BCUT2D eigenvalue weighted by Gasteiger charge is 2.16. The molecule has 0 atom stereocenters. The van der Waals surface area contributed by atoms with Gasteiger partial charge in [0.1, 0.15) is 10.9 Å². The number of hydrogen-bond acceptors (Lipinski definition) is 5. The van der Waals surface area contributed by atoms with E-state index in [0.29, 0.717) is 17.2 Å². The van der Waals surface area contributed by atoms with E-state index in [4.69, 9.17) is 37.4 Å². The van der Waals surface area contributed by atoms with Gasteiger partial charge in [0.15, 0.2) is 11.5 Å². The standard InChI is InChI=1S/C13H7Cl2NO4/c14-9-3-7(5-16-12(9)15)13(17)20-8-1-2-10-11(4-8)19-6-18-10/h1-5H,6H2. The third-order valence-corrected chi connectivity index (χ3v) is 3.27. The van der Waals surface area contributed by atoms with Crippen LogP contribution in [0.4, 0.5) is 0 Å². The molecule has 2 aromatic rings. The predicted octanol–water partition coefficient (Wildman–Crippen LogP) is 3.34. The topological polar surface area (TPSA) is 57.7 Å². The van der Waals surface area contributed by atoms with E-state index in [9.17, 15) is 4.79 Å². The number of halogens is 2. The molecule has 0 amide bonds. The van der Waals surface area contributed by atoms with Gasteiger partial charge in [0.2, 0.25) is 6.79 Å². The number of pyridine rings is 1. The van der Waals surface area contributed by atoms with E-state index < -0.39 is 5.97 Å². The van der Waals surface area contributed by atoms with Crippen LogP contribution in [0.3, 0.4) is 0 Å². The Kier molecular flexibility index (Phi) is 3.38. The van der Waals surface area contributed by atoms with Crippen LogP contribution in [-0.2, 0) is 0 Å². The van der Waals surface area contributed by atoms with Gasteiger partial charge in [0.05, 0.1) is 10.6 Å². The van der Waals surface area contributed by atoms with Crippen molar-refractivity contribution >= 4 is 29.2 Å². The first-order chi connectivity index (χ1) is 9.63. The highest BCUT2D eigenvalue weighted by molar-refractivity contribution is 6.41. The summed E-state index contributed by atoms with van der Waals surface area (Å²) >= 11 is 11.5. The summed E-state index contributed by atoms with van der Waals surface area (Å²) in [6.07, 6.45) is 1.30. The normalized spacial score (nSPS) is 12.3. The van der Waals surface area contributed by atoms with Crippen molar-refractivity contribution in [2.75, 3.05) is 6.79 Å². The second kappa shape index (κ2) is 5.19. The highest BCUT2D eigenvalue weighted by Crippen LogP contribution is 2.35. The monoisotopic (exact) mass is 311 g/mol. The number of carbonyl (C=O) groups is 1. The summed E-state index contributed by atoms with van der Waals surface area (Å²) in [6, 6.07) is 6.24. The molecule has 1 aliphatic rings. The Labute approximate surface area is 124 Å². The average molecular weight is 312 g/mol. The average Bonchev–Trinajstić information content (AvgIpc) is 2.89. The molecule has 20 heavy (non-hydrogen) atoms. The van der Waals surface area contributed by atoms with Crippen molar-refractivity contribution in [1.82, 2.24) is 4.98 Å². The van der Waals surface area contributed by atoms with Crippen LogP contribution in [0.25, 0.3) is 0 Å². The van der Waals surface area contributed by atoms with Gasteiger partial charge in [0, 0.05) is 12.3 Å². The molecule has 102 valence electrons. The predicted molar refractivity (Wildman–Crippen MR) is 71.8 cm³/mol. The zero-order valence-electron chi connectivity index (χ0n) is 9.93. The van der Waals surface area contributed by atoms with Crippen LogP contribution in [0, 0.1) is 0 Å². The second-order valence-corrected chi connectivity index (χ2v) is 4.67. The number of hydrogen-bond donors (Lipinski definition) is 0. The van der Waals surface area contributed by atoms with Gasteiger partial charge in [-0.05, 0) is 18.2 Å². The summed E-state index contributed by atoms with van der Waals surface area (Å²) in [5, 5.41) is 0.318. The fourth-order valence-electron chi connectivity index (χ4n) is 1.64. The van der Waals surface area contributed by atoms with E-state index in [-0.39, 0.29) is 22.5 Å². The van der Waals surface area contributed by atoms with Crippen molar-refractivity contribution in [2.24, 2.45) is 0 Å². The van der Waals surface area contributed by atoms with Crippen molar-refractivity contribution in [3.63, 3.8) is 0 Å². The summed E-state index contributed by atoms with van der Waals surface area (Å²) in [4.78, 5) is 15.7. The van der Waals surface area contributed by atoms with Crippen LogP contribution >= 0.6 is 23.2 Å². The SMILES string of the molecule is O=C(Oc1ccc2c(c1)OCO2)c1cnc(Cl)c(Cl)c1. The lowest BCUT2D eigenvalue weighted by molar-refractivity contribution is 0.0734. The van der Waals surface area contributed by atoms with Crippen LogP contribution in [-0.4, -0.2) is 17.7 Å². The van der Waals surface area contributed by atoms with E-state index in [1.807, 2.05) is 0 Å². The molecule has 0 bridgehead atoms. The minimum Gasteiger partial charge on any atom is -0.454 e. The number of ether oxygens (including phenoxy) is 3. The summed E-state index contributed by atoms with van der Waals surface area (Å²) in [6.45, 7) is 0.156. The van der Waals surface area contributed by atoms with Gasteiger partial charge in [-0.3, -0.25) is 0 Å². The van der Waals surface area contributed by atoms with Crippen molar-refractivity contribution in [2.45, 2.75) is 0 Å². The molecular weight excluding hydrogens is 305 g/mol. The Morgan fingerprint density at radius 1 is 1.20 bits per heavy atom. The third-order valence-electron chi connectivity index (χ3n) is 2.59. The minimum absolute atomic E-state index is 0.131. The third kappa shape index (κ3) is 2.50. The number of nitrogens with zero attached hydrogens (tertiary/aromatic N) is 1. The molecule has 0 unspecified atom stereocenters. The van der Waals surface area contributed by atoms with Crippen molar-refractivity contribution < 1.29 is 19.0 Å². The van der Waals surface area contributed by atoms with Crippen LogP contribution < -0.4 is 14.2 Å². The van der Waals surface area contributed by atoms with Gasteiger partial charge in [-0.15, -0.1) is 0 Å². The maximum absolute atomic E-state index is 11.9. The first-order valence-corrected chi connectivity index (χ1v) is 6.32. The van der Waals surface area contributed by atoms with Crippen molar-refractivity contribution in [3.05, 3.63) is 46.2 Å². The fraction of sp³-hybridized carbons (Fsp3) is 0.0769. The summed E-state index contributed by atoms with van der Waals surface area (Å²) in [7, 11) is 0. The minimum atomic E-state index is -0.588. The van der Waals surface area contributed by atoms with E-state index in [2.05, 4.69) is 4.98 Å². The Morgan fingerprint density at radius 3 is 2.80 bits per heavy atom. The molecule has 7 heteroatoms. The Morgan fingerprint density at radius 2 is 2.00 bits per heavy atom. The molecule has 0 radical (unpaired) electrons. The van der Waals surface area contributed by atoms with E-state index >= 15 is 0 Å². The number of rotatable bonds is 2. The van der Waals surface area contributed by atoms with Crippen LogP contribution in [0.2, 0.25) is 10.2 Å². The van der Waals surface area contributed by atoms with Crippen LogP contribution in [0.15, 0.2) is 30.5 Å². The molecule has 1 aromatic heterocycles. The van der Waals surface area contributed by atoms with Crippen LogP contribution in [0.1, 0.15) is 10.4 Å². The number of benzene rings is 1. The molecule has 3 rings (SSSR count). The molecule has 1 aliphatic heterocycles. The Hall–Kier alpha value is -1.98. The van der Waals surface area contributed by atoms with Gasteiger partial charge in [0.25, 0.3) is 0 Å². The Balaban J connectivity index is 1.80. The maximum atomic E-state index is 11.9.